The Kier molecular flexibility index (Phi) is 6.03. The number of amides is 1. The maximum atomic E-state index is 13.5. The van der Waals surface area contributed by atoms with Crippen molar-refractivity contribution < 1.29 is 23.1 Å². The van der Waals surface area contributed by atoms with E-state index in [4.69, 9.17) is 4.74 Å². The predicted octanol–water partition coefficient (Wildman–Crippen LogP) is 4.39. The lowest BCUT2D eigenvalue weighted by atomic mass is 10.1. The molecule has 4 nitrogen and oxygen atoms in total. The fraction of sp³-hybridized carbons (Fsp3) is 0.100. The van der Waals surface area contributed by atoms with Crippen molar-refractivity contribution in [1.82, 2.24) is 0 Å². The smallest absolute Gasteiger partial charge is 0.316 e. The van der Waals surface area contributed by atoms with Crippen molar-refractivity contribution in [2.75, 3.05) is 17.7 Å². The van der Waals surface area contributed by atoms with E-state index in [-0.39, 0.29) is 11.4 Å². The number of esters is 1. The molecule has 1 N–H and O–H groups in total. The molecule has 0 radical (unpaired) electrons. The number of anilines is 1. The number of fused-ring (bicyclic) bond motifs is 1. The Hall–Kier alpha value is -2.93. The summed E-state index contributed by atoms with van der Waals surface area (Å²) in [5.74, 6) is -2.76. The molecule has 27 heavy (non-hydrogen) atoms. The van der Waals surface area contributed by atoms with Gasteiger partial charge >= 0.3 is 5.97 Å². The van der Waals surface area contributed by atoms with Crippen molar-refractivity contribution in [3.05, 3.63) is 72.3 Å². The maximum Gasteiger partial charge on any atom is 0.316 e. The second kappa shape index (κ2) is 8.64. The normalized spacial score (nSPS) is 10.6. The highest BCUT2D eigenvalue weighted by molar-refractivity contribution is 8.00. The predicted molar refractivity (Wildman–Crippen MR) is 101 cm³/mol. The van der Waals surface area contributed by atoms with Gasteiger partial charge in [-0.25, -0.2) is 8.78 Å². The number of hydrogen-bond acceptors (Lipinski definition) is 4. The number of hydrogen-bond donors (Lipinski definition) is 1. The van der Waals surface area contributed by atoms with Crippen molar-refractivity contribution in [2.45, 2.75) is 4.90 Å². The van der Waals surface area contributed by atoms with Gasteiger partial charge in [0.1, 0.15) is 11.6 Å². The Bertz CT molecular complexity index is 994. The summed E-state index contributed by atoms with van der Waals surface area (Å²) in [6.07, 6.45) is 0. The first-order valence-electron chi connectivity index (χ1n) is 8.03. The lowest BCUT2D eigenvalue weighted by Gasteiger charge is -2.08. The highest BCUT2D eigenvalue weighted by Gasteiger charge is 2.11. The summed E-state index contributed by atoms with van der Waals surface area (Å²) < 4.78 is 31.4. The molecule has 0 aliphatic rings. The van der Waals surface area contributed by atoms with E-state index in [1.165, 1.54) is 11.8 Å². The van der Waals surface area contributed by atoms with Gasteiger partial charge in [-0.05, 0) is 35.0 Å². The highest BCUT2D eigenvalue weighted by atomic mass is 32.2. The molecular weight excluding hydrogens is 372 g/mol. The van der Waals surface area contributed by atoms with Crippen LogP contribution in [0, 0.1) is 11.6 Å². The van der Waals surface area contributed by atoms with Crippen LogP contribution in [0.4, 0.5) is 14.5 Å². The zero-order valence-electron chi connectivity index (χ0n) is 14.1. The van der Waals surface area contributed by atoms with Crippen molar-refractivity contribution >= 4 is 40.1 Å². The molecule has 0 aromatic heterocycles. The van der Waals surface area contributed by atoms with Gasteiger partial charge in [-0.15, -0.1) is 11.8 Å². The molecule has 0 unspecified atom stereocenters. The summed E-state index contributed by atoms with van der Waals surface area (Å²) in [6.45, 7) is -0.576. The first-order valence-corrected chi connectivity index (χ1v) is 9.02. The summed E-state index contributed by atoms with van der Waals surface area (Å²) in [5, 5.41) is 4.33. The molecule has 1 amide bonds. The van der Waals surface area contributed by atoms with Crippen molar-refractivity contribution in [2.24, 2.45) is 0 Å². The average Bonchev–Trinajstić information content (AvgIpc) is 2.67. The second-order valence-corrected chi connectivity index (χ2v) is 6.68. The topological polar surface area (TPSA) is 55.4 Å². The van der Waals surface area contributed by atoms with Gasteiger partial charge in [-0.1, -0.05) is 30.3 Å². The van der Waals surface area contributed by atoms with E-state index in [1.54, 1.807) is 0 Å². The zero-order valence-corrected chi connectivity index (χ0v) is 14.9. The SMILES string of the molecule is O=C(COC(=O)CSc1ccc2ccccc2c1)Nc1cc(F)ccc1F. The molecule has 0 atom stereocenters. The van der Waals surface area contributed by atoms with Crippen LogP contribution in [-0.4, -0.2) is 24.2 Å². The van der Waals surface area contributed by atoms with E-state index in [1.807, 2.05) is 42.5 Å². The number of nitrogens with one attached hydrogen (secondary N) is 1. The number of carbonyl (C=O) groups excluding carboxylic acids is 2. The van der Waals surface area contributed by atoms with E-state index < -0.39 is 30.1 Å². The molecule has 3 aromatic carbocycles. The van der Waals surface area contributed by atoms with E-state index in [2.05, 4.69) is 5.32 Å². The third-order valence-electron chi connectivity index (χ3n) is 3.64. The summed E-state index contributed by atoms with van der Waals surface area (Å²) in [7, 11) is 0. The first kappa shape index (κ1) is 18.8. The third-order valence-corrected chi connectivity index (χ3v) is 4.61. The van der Waals surface area contributed by atoms with Gasteiger partial charge in [0.2, 0.25) is 0 Å². The Morgan fingerprint density at radius 3 is 2.56 bits per heavy atom. The number of ether oxygens (including phenoxy) is 1. The van der Waals surface area contributed by atoms with Crippen LogP contribution in [0.3, 0.4) is 0 Å². The van der Waals surface area contributed by atoms with Crippen LogP contribution in [0.1, 0.15) is 0 Å². The molecule has 3 aromatic rings. The Balaban J connectivity index is 1.47. The van der Waals surface area contributed by atoms with E-state index in [0.717, 1.165) is 33.9 Å². The number of rotatable bonds is 6. The van der Waals surface area contributed by atoms with Crippen LogP contribution in [-0.2, 0) is 14.3 Å². The van der Waals surface area contributed by atoms with Crippen LogP contribution < -0.4 is 5.32 Å². The van der Waals surface area contributed by atoms with Crippen LogP contribution in [0.5, 0.6) is 0 Å². The highest BCUT2D eigenvalue weighted by Crippen LogP contribution is 2.23. The Morgan fingerprint density at radius 1 is 0.963 bits per heavy atom. The third kappa shape index (κ3) is 5.27. The number of thioether (sulfide) groups is 1. The zero-order chi connectivity index (χ0) is 19.2. The lowest BCUT2D eigenvalue weighted by Crippen LogP contribution is -2.22. The fourth-order valence-electron chi connectivity index (χ4n) is 2.37. The summed E-state index contributed by atoms with van der Waals surface area (Å²) in [6, 6.07) is 16.4. The maximum absolute atomic E-state index is 13.5. The van der Waals surface area contributed by atoms with Gasteiger partial charge in [0.15, 0.2) is 6.61 Å². The van der Waals surface area contributed by atoms with Crippen molar-refractivity contribution in [1.29, 1.82) is 0 Å². The van der Waals surface area contributed by atoms with Gasteiger partial charge < -0.3 is 10.1 Å². The summed E-state index contributed by atoms with van der Waals surface area (Å²) in [4.78, 5) is 24.4. The minimum Gasteiger partial charge on any atom is -0.455 e. The molecule has 138 valence electrons. The molecule has 0 saturated heterocycles. The van der Waals surface area contributed by atoms with Crippen LogP contribution in [0.25, 0.3) is 10.8 Å². The summed E-state index contributed by atoms with van der Waals surface area (Å²) in [5.41, 5.74) is -0.304. The molecule has 0 bridgehead atoms. The Labute approximate surface area is 158 Å². The van der Waals surface area contributed by atoms with Gasteiger partial charge in [-0.2, -0.15) is 0 Å². The largest absolute Gasteiger partial charge is 0.455 e. The molecule has 0 spiro atoms. The van der Waals surface area contributed by atoms with Gasteiger partial charge in [0, 0.05) is 11.0 Å². The second-order valence-electron chi connectivity index (χ2n) is 5.63. The van der Waals surface area contributed by atoms with Crippen LogP contribution in [0.2, 0.25) is 0 Å². The van der Waals surface area contributed by atoms with Gasteiger partial charge in [0.25, 0.3) is 5.91 Å². The van der Waals surface area contributed by atoms with Crippen molar-refractivity contribution in [3.8, 4) is 0 Å². The molecule has 7 heteroatoms. The molecule has 3 rings (SSSR count). The minimum absolute atomic E-state index is 0.0277. The van der Waals surface area contributed by atoms with E-state index in [9.17, 15) is 18.4 Å². The van der Waals surface area contributed by atoms with Gasteiger partial charge in [-0.3, -0.25) is 9.59 Å². The van der Waals surface area contributed by atoms with E-state index in [0.29, 0.717) is 0 Å². The first-order chi connectivity index (χ1) is 13.0. The summed E-state index contributed by atoms with van der Waals surface area (Å²) >= 11 is 1.29. The molecule has 0 heterocycles. The monoisotopic (exact) mass is 387 g/mol. The standard InChI is InChI=1S/C20H15F2NO3S/c21-15-6-8-17(22)18(10-15)23-19(24)11-26-20(25)12-27-16-7-5-13-3-1-2-4-14(13)9-16/h1-10H,11-12H2,(H,23,24). The number of benzene rings is 3. The molecule has 0 fully saturated rings. The molecular formula is C20H15F2NO3S. The van der Waals surface area contributed by atoms with Gasteiger partial charge in [0.05, 0.1) is 11.4 Å². The number of carbonyl (C=O) groups is 2. The quantitative estimate of drug-likeness (QED) is 0.503. The molecule has 0 saturated carbocycles. The Morgan fingerprint density at radius 2 is 1.74 bits per heavy atom. The lowest BCUT2D eigenvalue weighted by molar-refractivity contribution is -0.144. The fourth-order valence-corrected chi connectivity index (χ4v) is 3.11. The van der Waals surface area contributed by atoms with Crippen LogP contribution >= 0.6 is 11.8 Å². The van der Waals surface area contributed by atoms with Crippen LogP contribution in [0.15, 0.2) is 65.6 Å². The van der Waals surface area contributed by atoms with E-state index >= 15 is 0 Å². The molecule has 0 aliphatic heterocycles. The van der Waals surface area contributed by atoms with Crippen molar-refractivity contribution in [3.63, 3.8) is 0 Å². The average molecular weight is 387 g/mol. The minimum atomic E-state index is -0.775. The molecule has 0 aliphatic carbocycles. The number of halogens is 2.